The van der Waals surface area contributed by atoms with Gasteiger partial charge in [-0.3, -0.25) is 0 Å². The van der Waals surface area contributed by atoms with Crippen LogP contribution in [0.5, 0.6) is 0 Å². The predicted octanol–water partition coefficient (Wildman–Crippen LogP) is 8.67. The van der Waals surface area contributed by atoms with Crippen molar-refractivity contribution in [3.8, 4) is 0 Å². The number of hydrogen-bond acceptors (Lipinski definition) is 5. The van der Waals surface area contributed by atoms with Gasteiger partial charge in [0.1, 0.15) is 9.86 Å². The van der Waals surface area contributed by atoms with Gasteiger partial charge in [0.2, 0.25) is 0 Å². The Labute approximate surface area is 235 Å². The third-order valence-electron chi connectivity index (χ3n) is 3.74. The fraction of sp³-hybridized carbons (Fsp3) is 0.462. The zero-order valence-electron chi connectivity index (χ0n) is 22.6. The zero-order chi connectivity index (χ0) is 25.6. The van der Waals surface area contributed by atoms with Gasteiger partial charge in [-0.05, 0) is 25.0 Å². The van der Waals surface area contributed by atoms with E-state index in [1.807, 2.05) is 111 Å². The molecule has 34 heavy (non-hydrogen) atoms. The van der Waals surface area contributed by atoms with Crippen LogP contribution in [0.15, 0.2) is 65.0 Å². The Kier molecular flexibility index (Phi) is 35.6. The lowest BCUT2D eigenvalue weighted by atomic mass is 9.94. The summed E-state index contributed by atoms with van der Waals surface area (Å²) < 4.78 is 5.40. The second kappa shape index (κ2) is 28.2. The number of benzene rings is 2. The average Bonchev–Trinajstić information content (AvgIpc) is 3.17. The monoisotopic (exact) mass is 532 g/mol. The summed E-state index contributed by atoms with van der Waals surface area (Å²) in [5, 5.41) is 3.25. The quantitative estimate of drug-likeness (QED) is 0.315. The molecule has 1 aliphatic rings. The van der Waals surface area contributed by atoms with Gasteiger partial charge in [-0.15, -0.1) is 0 Å². The standard InChI is InChI=1S/C10H9NS3.C8H9NS.4C2H6.2B/c1-10(7-5-3-2-4-6-7)8(12)14-9(13)11-10;1-7(9-10)8-5-3-2-4-6-8;4*1-2;;/h2-6H,1H3,(H,11,13);2-7H,1H3;4*1-2H3;;. The van der Waals surface area contributed by atoms with Crippen LogP contribution in [0.4, 0.5) is 0 Å². The molecule has 1 N–H and O–H groups in total. The third-order valence-corrected chi connectivity index (χ3v) is 5.94. The Morgan fingerprint density at radius 2 is 1.15 bits per heavy atom. The van der Waals surface area contributed by atoms with Crippen molar-refractivity contribution in [2.45, 2.75) is 80.8 Å². The van der Waals surface area contributed by atoms with Crippen LogP contribution in [-0.2, 0) is 18.0 Å². The highest BCUT2D eigenvalue weighted by Gasteiger charge is 2.38. The first-order chi connectivity index (χ1) is 15.5. The normalized spacial score (nSPS) is 15.2. The minimum absolute atomic E-state index is 0. The number of nitrogens with one attached hydrogen (secondary N) is 1. The summed E-state index contributed by atoms with van der Waals surface area (Å²) in [6.07, 6.45) is 0. The lowest BCUT2D eigenvalue weighted by Crippen LogP contribution is -2.39. The molecule has 2 nitrogen and oxygen atoms in total. The molecule has 6 radical (unpaired) electrons. The molecule has 2 unspecified atom stereocenters. The van der Waals surface area contributed by atoms with Crippen molar-refractivity contribution in [1.29, 1.82) is 0 Å². The lowest BCUT2D eigenvalue weighted by Gasteiger charge is -2.24. The molecule has 0 spiro atoms. The number of nitrogens with zero attached hydrogens (tertiary/aromatic N) is 1. The number of thioether (sulfide) groups is 1. The molecular weight excluding hydrogens is 490 g/mol. The highest BCUT2D eigenvalue weighted by atomic mass is 32.2. The van der Waals surface area contributed by atoms with Crippen molar-refractivity contribution in [1.82, 2.24) is 5.32 Å². The maximum atomic E-state index is 5.33. The van der Waals surface area contributed by atoms with Crippen LogP contribution >= 0.6 is 36.2 Å². The highest BCUT2D eigenvalue weighted by Crippen LogP contribution is 2.34. The molecular formula is C26H42B2N2S4. The molecule has 186 valence electrons. The summed E-state index contributed by atoms with van der Waals surface area (Å²) >= 11 is 16.5. The molecule has 1 aliphatic heterocycles. The lowest BCUT2D eigenvalue weighted by molar-refractivity contribution is 0.625. The molecule has 1 saturated heterocycles. The first-order valence-corrected chi connectivity index (χ1v) is 13.4. The van der Waals surface area contributed by atoms with E-state index in [0.717, 1.165) is 14.1 Å². The van der Waals surface area contributed by atoms with Crippen LogP contribution in [0.1, 0.15) is 86.4 Å². The molecule has 0 amide bonds. The van der Waals surface area contributed by atoms with E-state index < -0.39 is 0 Å². The summed E-state index contributed by atoms with van der Waals surface area (Å²) in [5.41, 5.74) is 2.06. The maximum Gasteiger partial charge on any atom is 0.140 e. The molecule has 0 aromatic heterocycles. The Balaban J connectivity index is -0.000000125. The van der Waals surface area contributed by atoms with Gasteiger partial charge in [0, 0.05) is 29.3 Å². The minimum Gasteiger partial charge on any atom is -0.356 e. The summed E-state index contributed by atoms with van der Waals surface area (Å²) in [6.45, 7) is 20.1. The first kappa shape index (κ1) is 43.0. The maximum absolute atomic E-state index is 5.33. The zero-order valence-corrected chi connectivity index (χ0v) is 25.9. The van der Waals surface area contributed by atoms with Gasteiger partial charge in [0.25, 0.3) is 0 Å². The van der Waals surface area contributed by atoms with E-state index in [-0.39, 0.29) is 28.4 Å². The predicted molar refractivity (Wildman–Crippen MR) is 171 cm³/mol. The van der Waals surface area contributed by atoms with Crippen LogP contribution in [0, 0.1) is 0 Å². The molecule has 1 heterocycles. The van der Waals surface area contributed by atoms with Crippen LogP contribution < -0.4 is 5.32 Å². The van der Waals surface area contributed by atoms with Crippen molar-refractivity contribution in [3.63, 3.8) is 0 Å². The first-order valence-electron chi connectivity index (χ1n) is 11.4. The van der Waals surface area contributed by atoms with E-state index in [1.54, 1.807) is 0 Å². The molecule has 2 aromatic carbocycles. The van der Waals surface area contributed by atoms with E-state index in [1.165, 1.54) is 17.3 Å². The van der Waals surface area contributed by atoms with Crippen molar-refractivity contribution < 1.29 is 0 Å². The van der Waals surface area contributed by atoms with Gasteiger partial charge in [-0.25, -0.2) is 4.36 Å². The Morgan fingerprint density at radius 3 is 1.47 bits per heavy atom. The number of rotatable bonds is 3. The smallest absolute Gasteiger partial charge is 0.140 e. The highest BCUT2D eigenvalue weighted by molar-refractivity contribution is 8.38. The van der Waals surface area contributed by atoms with E-state index in [4.69, 9.17) is 24.4 Å². The van der Waals surface area contributed by atoms with Crippen LogP contribution in [0.3, 0.4) is 0 Å². The fourth-order valence-corrected chi connectivity index (χ4v) is 4.17. The average molecular weight is 533 g/mol. The van der Waals surface area contributed by atoms with Gasteiger partial charge in [-0.2, -0.15) is 0 Å². The van der Waals surface area contributed by atoms with Gasteiger partial charge in [0.15, 0.2) is 0 Å². The van der Waals surface area contributed by atoms with Crippen LogP contribution in [0.25, 0.3) is 0 Å². The topological polar surface area (TPSA) is 24.4 Å². The number of hydrogen-bond donors (Lipinski definition) is 1. The molecule has 2 aromatic rings. The van der Waals surface area contributed by atoms with Crippen molar-refractivity contribution >= 4 is 74.0 Å². The van der Waals surface area contributed by atoms with E-state index in [0.29, 0.717) is 0 Å². The van der Waals surface area contributed by atoms with Crippen molar-refractivity contribution in [3.05, 3.63) is 71.8 Å². The second-order valence-corrected chi connectivity index (χ2v) is 8.05. The van der Waals surface area contributed by atoms with Gasteiger partial charge in [-0.1, -0.05) is 152 Å². The van der Waals surface area contributed by atoms with E-state index in [2.05, 4.69) is 41.2 Å². The third kappa shape index (κ3) is 15.8. The van der Waals surface area contributed by atoms with Gasteiger partial charge in [0.05, 0.1) is 10.2 Å². The fourth-order valence-electron chi connectivity index (χ4n) is 2.22. The Hall–Kier alpha value is -1.08. The molecule has 0 bridgehead atoms. The molecule has 3 rings (SSSR count). The summed E-state index contributed by atoms with van der Waals surface area (Å²) in [6, 6.07) is 20.3. The van der Waals surface area contributed by atoms with E-state index >= 15 is 0 Å². The van der Waals surface area contributed by atoms with Crippen LogP contribution in [-0.4, -0.2) is 25.3 Å². The summed E-state index contributed by atoms with van der Waals surface area (Å²) in [7, 11) is 0. The Bertz CT molecular complexity index is 732. The molecule has 0 saturated carbocycles. The summed E-state index contributed by atoms with van der Waals surface area (Å²) in [4.78, 5) is 0. The summed E-state index contributed by atoms with van der Waals surface area (Å²) in [5.74, 6) is 0. The SMILES string of the molecule is CC.CC.CC.CC.CC(N=S)c1ccccc1.CC1(c2ccccc2)NC(=S)SC1=S.[B].[B]. The number of thiocarbonyl (C=S) groups is 2. The van der Waals surface area contributed by atoms with Crippen LogP contribution in [0.2, 0.25) is 0 Å². The molecule has 8 heteroatoms. The van der Waals surface area contributed by atoms with Gasteiger partial charge < -0.3 is 5.32 Å². The molecule has 2 atom stereocenters. The van der Waals surface area contributed by atoms with Gasteiger partial charge >= 0.3 is 0 Å². The van der Waals surface area contributed by atoms with Crippen molar-refractivity contribution in [2.75, 3.05) is 0 Å². The second-order valence-electron chi connectivity index (χ2n) is 5.49. The van der Waals surface area contributed by atoms with Crippen molar-refractivity contribution in [2.24, 2.45) is 4.36 Å². The largest absolute Gasteiger partial charge is 0.356 e. The molecule has 1 fully saturated rings. The molecule has 0 aliphatic carbocycles. The Morgan fingerprint density at radius 1 is 0.765 bits per heavy atom. The van der Waals surface area contributed by atoms with E-state index in [9.17, 15) is 0 Å². The minimum atomic E-state index is -0.279.